The Bertz CT molecular complexity index is 1030. The Hall–Kier alpha value is -1.93. The zero-order valence-corrected chi connectivity index (χ0v) is 19.0. The minimum atomic E-state index is -0.534. The van der Waals surface area contributed by atoms with Gasteiger partial charge in [0.25, 0.3) is 0 Å². The number of aryl methyl sites for hydroxylation is 1. The summed E-state index contributed by atoms with van der Waals surface area (Å²) in [6.45, 7) is 2.28. The molecule has 0 radical (unpaired) electrons. The Kier molecular flexibility index (Phi) is 7.27. The molecule has 0 aliphatic heterocycles. The number of rotatable bonds is 7. The van der Waals surface area contributed by atoms with E-state index in [1.165, 1.54) is 69.1 Å². The van der Waals surface area contributed by atoms with Gasteiger partial charge in [0.2, 0.25) is 0 Å². The van der Waals surface area contributed by atoms with Crippen molar-refractivity contribution in [2.75, 3.05) is 0 Å². The second-order valence-electron chi connectivity index (χ2n) is 9.18. The van der Waals surface area contributed by atoms with E-state index in [0.717, 1.165) is 23.6 Å². The zero-order chi connectivity index (χ0) is 21.8. The molecule has 0 amide bonds. The quantitative estimate of drug-likeness (QED) is 0.343. The van der Waals surface area contributed by atoms with E-state index in [4.69, 9.17) is 11.6 Å². The molecular formula is C28H31ClF2. The molecule has 4 rings (SSSR count). The summed E-state index contributed by atoms with van der Waals surface area (Å²) in [4.78, 5) is 0. The third-order valence-electron chi connectivity index (χ3n) is 7.02. The van der Waals surface area contributed by atoms with Gasteiger partial charge in [-0.3, -0.25) is 0 Å². The molecule has 1 aliphatic rings. The summed E-state index contributed by atoms with van der Waals surface area (Å²) < 4.78 is 29.0. The van der Waals surface area contributed by atoms with Crippen molar-refractivity contribution in [1.29, 1.82) is 0 Å². The summed E-state index contributed by atoms with van der Waals surface area (Å²) in [5.74, 6) is 0.931. The van der Waals surface area contributed by atoms with Crippen LogP contribution in [0, 0.1) is 23.5 Å². The maximum atomic E-state index is 15.2. The first-order chi connectivity index (χ1) is 15.0. The van der Waals surface area contributed by atoms with Crippen molar-refractivity contribution in [2.45, 2.75) is 64.7 Å². The van der Waals surface area contributed by atoms with Crippen LogP contribution in [0.5, 0.6) is 0 Å². The number of halogens is 3. The van der Waals surface area contributed by atoms with Crippen molar-refractivity contribution in [2.24, 2.45) is 11.8 Å². The molecule has 164 valence electrons. The van der Waals surface area contributed by atoms with Gasteiger partial charge in [-0.05, 0) is 53.3 Å². The molecule has 3 heteroatoms. The van der Waals surface area contributed by atoms with Crippen LogP contribution in [0.1, 0.15) is 63.9 Å². The topological polar surface area (TPSA) is 0 Å². The van der Waals surface area contributed by atoms with Crippen molar-refractivity contribution in [3.63, 3.8) is 0 Å². The fraction of sp³-hybridized carbons (Fsp3) is 0.429. The third-order valence-corrected chi connectivity index (χ3v) is 7.33. The predicted octanol–water partition coefficient (Wildman–Crippen LogP) is 9.37. The molecule has 0 atom stereocenters. The Morgan fingerprint density at radius 2 is 1.61 bits per heavy atom. The molecule has 3 aromatic rings. The molecule has 0 heterocycles. The van der Waals surface area contributed by atoms with Crippen LogP contribution in [0.25, 0.3) is 21.9 Å². The van der Waals surface area contributed by atoms with Crippen molar-refractivity contribution in [3.05, 3.63) is 70.8 Å². The zero-order valence-electron chi connectivity index (χ0n) is 18.3. The molecular weight excluding hydrogens is 410 g/mol. The monoisotopic (exact) mass is 440 g/mol. The minimum Gasteiger partial charge on any atom is -0.206 e. The van der Waals surface area contributed by atoms with Gasteiger partial charge in [-0.15, -0.1) is 0 Å². The van der Waals surface area contributed by atoms with E-state index in [0.29, 0.717) is 16.5 Å². The summed E-state index contributed by atoms with van der Waals surface area (Å²) >= 11 is 5.76. The number of hydrogen-bond acceptors (Lipinski definition) is 0. The summed E-state index contributed by atoms with van der Waals surface area (Å²) in [5, 5.41) is 1.52. The number of benzene rings is 3. The molecule has 0 aromatic heterocycles. The van der Waals surface area contributed by atoms with Crippen LogP contribution in [0.4, 0.5) is 8.78 Å². The van der Waals surface area contributed by atoms with Crippen molar-refractivity contribution in [1.82, 2.24) is 0 Å². The smallest absolute Gasteiger partial charge is 0.142 e. The molecule has 1 aliphatic carbocycles. The highest BCUT2D eigenvalue weighted by Crippen LogP contribution is 2.35. The molecule has 31 heavy (non-hydrogen) atoms. The summed E-state index contributed by atoms with van der Waals surface area (Å²) in [5.41, 5.74) is 2.17. The van der Waals surface area contributed by atoms with Crippen LogP contribution in [0.2, 0.25) is 5.02 Å². The van der Waals surface area contributed by atoms with E-state index >= 15 is 4.39 Å². The van der Waals surface area contributed by atoms with Crippen molar-refractivity contribution < 1.29 is 8.78 Å². The molecule has 1 saturated carbocycles. The lowest BCUT2D eigenvalue weighted by molar-refractivity contribution is 0.250. The van der Waals surface area contributed by atoms with E-state index < -0.39 is 5.82 Å². The predicted molar refractivity (Wildman–Crippen MR) is 128 cm³/mol. The molecule has 0 unspecified atom stereocenters. The van der Waals surface area contributed by atoms with E-state index in [-0.39, 0.29) is 10.8 Å². The van der Waals surface area contributed by atoms with Gasteiger partial charge in [-0.1, -0.05) is 99.9 Å². The van der Waals surface area contributed by atoms with Gasteiger partial charge in [0.05, 0.1) is 5.02 Å². The van der Waals surface area contributed by atoms with Gasteiger partial charge in [0.15, 0.2) is 0 Å². The van der Waals surface area contributed by atoms with Crippen molar-refractivity contribution in [3.8, 4) is 11.1 Å². The van der Waals surface area contributed by atoms with E-state index in [9.17, 15) is 4.39 Å². The van der Waals surface area contributed by atoms with Crippen LogP contribution in [-0.2, 0) is 6.42 Å². The summed E-state index contributed by atoms with van der Waals surface area (Å²) in [7, 11) is 0. The first-order valence-corrected chi connectivity index (χ1v) is 12.1. The van der Waals surface area contributed by atoms with E-state index in [1.807, 2.05) is 18.2 Å². The molecule has 0 nitrogen and oxygen atoms in total. The van der Waals surface area contributed by atoms with E-state index in [2.05, 4.69) is 13.0 Å². The van der Waals surface area contributed by atoms with Gasteiger partial charge < -0.3 is 0 Å². The second kappa shape index (κ2) is 10.1. The van der Waals surface area contributed by atoms with Crippen LogP contribution < -0.4 is 0 Å². The third kappa shape index (κ3) is 5.29. The highest BCUT2D eigenvalue weighted by Gasteiger charge is 2.20. The van der Waals surface area contributed by atoms with Gasteiger partial charge in [0, 0.05) is 10.9 Å². The Morgan fingerprint density at radius 1 is 0.871 bits per heavy atom. The van der Waals surface area contributed by atoms with E-state index in [1.54, 1.807) is 12.1 Å². The second-order valence-corrected chi connectivity index (χ2v) is 9.59. The van der Waals surface area contributed by atoms with Gasteiger partial charge >= 0.3 is 0 Å². The fourth-order valence-electron chi connectivity index (χ4n) is 5.06. The molecule has 3 aromatic carbocycles. The molecule has 0 bridgehead atoms. The maximum absolute atomic E-state index is 15.2. The minimum absolute atomic E-state index is 0.0454. The number of fused-ring (bicyclic) bond motifs is 1. The normalized spacial score (nSPS) is 19.1. The standard InChI is InChI=1S/C28H31ClF2/c1-2-3-4-19-5-7-20(8-6-19)9-10-21-11-14-24-22(17-21)12-15-25(28(24)31)23-13-16-26(29)27(30)18-23/h11-20H,2-10H2,1H3/t19-,20-. The van der Waals surface area contributed by atoms with Crippen molar-refractivity contribution >= 4 is 22.4 Å². The maximum Gasteiger partial charge on any atom is 0.142 e. The van der Waals surface area contributed by atoms with Gasteiger partial charge in [0.1, 0.15) is 11.6 Å². The lowest BCUT2D eigenvalue weighted by Crippen LogP contribution is -2.15. The van der Waals surface area contributed by atoms with Crippen LogP contribution in [0.3, 0.4) is 0 Å². The first kappa shape index (κ1) is 22.3. The first-order valence-electron chi connectivity index (χ1n) is 11.7. The SMILES string of the molecule is CCCC[C@H]1CC[C@H](CCc2ccc3c(F)c(-c4ccc(Cl)c(F)c4)ccc3c2)CC1. The lowest BCUT2D eigenvalue weighted by atomic mass is 9.78. The molecule has 0 N–H and O–H groups in total. The Balaban J connectivity index is 1.42. The number of unbranched alkanes of at least 4 members (excludes halogenated alkanes) is 1. The summed E-state index contributed by atoms with van der Waals surface area (Å²) in [6, 6.07) is 14.1. The van der Waals surface area contributed by atoms with Crippen LogP contribution >= 0.6 is 11.6 Å². The van der Waals surface area contributed by atoms with Gasteiger partial charge in [-0.25, -0.2) is 8.78 Å². The number of hydrogen-bond donors (Lipinski definition) is 0. The highest BCUT2D eigenvalue weighted by atomic mass is 35.5. The van der Waals surface area contributed by atoms with Crippen LogP contribution in [0.15, 0.2) is 48.5 Å². The lowest BCUT2D eigenvalue weighted by Gasteiger charge is -2.28. The molecule has 0 saturated heterocycles. The molecule has 0 spiro atoms. The Morgan fingerprint density at radius 3 is 2.32 bits per heavy atom. The highest BCUT2D eigenvalue weighted by molar-refractivity contribution is 6.30. The fourth-order valence-corrected chi connectivity index (χ4v) is 5.17. The van der Waals surface area contributed by atoms with Crippen LogP contribution in [-0.4, -0.2) is 0 Å². The summed E-state index contributed by atoms with van der Waals surface area (Å²) in [6.07, 6.45) is 11.9. The molecule has 1 fully saturated rings. The average molecular weight is 441 g/mol. The Labute approximate surface area is 189 Å². The van der Waals surface area contributed by atoms with Gasteiger partial charge in [-0.2, -0.15) is 0 Å². The largest absolute Gasteiger partial charge is 0.206 e. The average Bonchev–Trinajstić information content (AvgIpc) is 2.79.